The van der Waals surface area contributed by atoms with E-state index in [0.717, 1.165) is 5.56 Å². The molecule has 1 aliphatic rings. The smallest absolute Gasteiger partial charge is 0.317 e. The van der Waals surface area contributed by atoms with E-state index in [9.17, 15) is 9.59 Å². The molecule has 178 valence electrons. The fourth-order valence-electron chi connectivity index (χ4n) is 3.65. The summed E-state index contributed by atoms with van der Waals surface area (Å²) < 4.78 is 0. The zero-order valence-electron chi connectivity index (χ0n) is 19.4. The maximum absolute atomic E-state index is 12.4. The molecule has 1 aromatic carbocycles. The maximum Gasteiger partial charge on any atom is 0.317 e. The van der Waals surface area contributed by atoms with E-state index in [1.807, 2.05) is 62.9 Å². The average Bonchev–Trinajstić information content (AvgIpc) is 2.77. The van der Waals surface area contributed by atoms with Gasteiger partial charge in [0.05, 0.1) is 11.8 Å². The van der Waals surface area contributed by atoms with Gasteiger partial charge in [0.1, 0.15) is 11.0 Å². The van der Waals surface area contributed by atoms with E-state index in [4.69, 9.17) is 11.6 Å². The first kappa shape index (κ1) is 25.1. The van der Waals surface area contributed by atoms with Crippen molar-refractivity contribution in [1.82, 2.24) is 25.5 Å². The summed E-state index contributed by atoms with van der Waals surface area (Å²) in [6, 6.07) is 11.5. The van der Waals surface area contributed by atoms with Crippen molar-refractivity contribution in [3.05, 3.63) is 47.1 Å². The van der Waals surface area contributed by atoms with E-state index in [1.54, 1.807) is 6.07 Å². The largest absolute Gasteiger partial charge is 0.353 e. The molecule has 1 saturated heterocycles. The minimum Gasteiger partial charge on any atom is -0.353 e. The molecule has 0 saturated carbocycles. The summed E-state index contributed by atoms with van der Waals surface area (Å²) in [5, 5.41) is 6.72. The van der Waals surface area contributed by atoms with Gasteiger partial charge in [0, 0.05) is 37.8 Å². The molecule has 1 aromatic heterocycles. The first-order chi connectivity index (χ1) is 15.7. The number of halogens is 1. The van der Waals surface area contributed by atoms with Gasteiger partial charge in [0.2, 0.25) is 5.91 Å². The second kappa shape index (κ2) is 11.6. The summed E-state index contributed by atoms with van der Waals surface area (Å²) in [7, 11) is 0. The number of aromatic nitrogens is 2. The molecule has 8 nitrogen and oxygen atoms in total. The standard InChI is InChI=1S/C23H31ClN6O2S/c1-15(2)25-23(32)30-11-10-29(13-16(30)3)20-12-19(24)27-22(28-20)33-14-21(31)26-17(4)18-8-6-5-7-9-18/h5-9,12,15-17H,10-11,13-14H2,1-4H3,(H,25,32)(H,26,31). The Bertz CT molecular complexity index is 961. The van der Waals surface area contributed by atoms with Crippen LogP contribution in [0.2, 0.25) is 5.15 Å². The topological polar surface area (TPSA) is 90.5 Å². The summed E-state index contributed by atoms with van der Waals surface area (Å²) in [5.74, 6) is 0.794. The first-order valence-corrected chi connectivity index (χ1v) is 12.4. The number of anilines is 1. The molecule has 3 rings (SSSR count). The Morgan fingerprint density at radius 3 is 2.55 bits per heavy atom. The number of piperazine rings is 1. The van der Waals surface area contributed by atoms with Gasteiger partial charge in [-0.25, -0.2) is 14.8 Å². The van der Waals surface area contributed by atoms with E-state index in [0.29, 0.717) is 35.8 Å². The number of hydrogen-bond acceptors (Lipinski definition) is 6. The summed E-state index contributed by atoms with van der Waals surface area (Å²) in [6.45, 7) is 9.73. The van der Waals surface area contributed by atoms with Crippen molar-refractivity contribution in [2.45, 2.75) is 51.0 Å². The Labute approximate surface area is 204 Å². The third-order valence-electron chi connectivity index (χ3n) is 5.29. The normalized spacial score (nSPS) is 17.1. The van der Waals surface area contributed by atoms with Crippen molar-refractivity contribution in [2.75, 3.05) is 30.3 Å². The van der Waals surface area contributed by atoms with Crippen LogP contribution >= 0.6 is 23.4 Å². The van der Waals surface area contributed by atoms with E-state index >= 15 is 0 Å². The number of amides is 3. The van der Waals surface area contributed by atoms with Crippen molar-refractivity contribution in [1.29, 1.82) is 0 Å². The zero-order valence-corrected chi connectivity index (χ0v) is 21.0. The van der Waals surface area contributed by atoms with Gasteiger partial charge in [-0.05, 0) is 33.3 Å². The SMILES string of the molecule is CC(C)NC(=O)N1CCN(c2cc(Cl)nc(SCC(=O)NC(C)c3ccccc3)n2)CC1C. The van der Waals surface area contributed by atoms with Crippen LogP contribution in [0.3, 0.4) is 0 Å². The van der Waals surface area contributed by atoms with Gasteiger partial charge in [-0.2, -0.15) is 0 Å². The fraction of sp³-hybridized carbons (Fsp3) is 0.478. The number of carbonyl (C=O) groups is 2. The van der Waals surface area contributed by atoms with Gasteiger partial charge in [0.25, 0.3) is 0 Å². The van der Waals surface area contributed by atoms with E-state index in [1.165, 1.54) is 11.8 Å². The second-order valence-corrected chi connectivity index (χ2v) is 9.74. The molecule has 0 aliphatic carbocycles. The van der Waals surface area contributed by atoms with Crippen molar-refractivity contribution in [3.63, 3.8) is 0 Å². The van der Waals surface area contributed by atoms with Crippen molar-refractivity contribution in [3.8, 4) is 0 Å². The molecule has 2 aromatic rings. The molecule has 2 unspecified atom stereocenters. The summed E-state index contributed by atoms with van der Waals surface area (Å²) in [6.07, 6.45) is 0. The number of nitrogens with one attached hydrogen (secondary N) is 2. The second-order valence-electron chi connectivity index (χ2n) is 8.41. The maximum atomic E-state index is 12.4. The van der Waals surface area contributed by atoms with Crippen LogP contribution in [0, 0.1) is 0 Å². The predicted molar refractivity (Wildman–Crippen MR) is 133 cm³/mol. The Balaban J connectivity index is 1.57. The highest BCUT2D eigenvalue weighted by Crippen LogP contribution is 2.24. The molecule has 0 spiro atoms. The number of thioether (sulfide) groups is 1. The van der Waals surface area contributed by atoms with E-state index in [-0.39, 0.29) is 35.8 Å². The van der Waals surface area contributed by atoms with Crippen LogP contribution < -0.4 is 15.5 Å². The van der Waals surface area contributed by atoms with Gasteiger partial charge >= 0.3 is 6.03 Å². The first-order valence-electron chi connectivity index (χ1n) is 11.1. The van der Waals surface area contributed by atoms with Crippen molar-refractivity contribution < 1.29 is 9.59 Å². The summed E-state index contributed by atoms with van der Waals surface area (Å²) in [5.41, 5.74) is 1.05. The molecule has 2 atom stereocenters. The van der Waals surface area contributed by atoms with Gasteiger partial charge in [-0.3, -0.25) is 4.79 Å². The molecule has 0 bridgehead atoms. The van der Waals surface area contributed by atoms with Crippen LogP contribution in [0.5, 0.6) is 0 Å². The van der Waals surface area contributed by atoms with Crippen LogP contribution in [-0.4, -0.2) is 64.3 Å². The minimum atomic E-state index is -0.0973. The Kier molecular flexibility index (Phi) is 8.80. The highest BCUT2D eigenvalue weighted by atomic mass is 35.5. The van der Waals surface area contributed by atoms with Crippen LogP contribution in [0.25, 0.3) is 0 Å². The fourth-order valence-corrected chi connectivity index (χ4v) is 4.54. The van der Waals surface area contributed by atoms with E-state index in [2.05, 4.69) is 25.5 Å². The van der Waals surface area contributed by atoms with Crippen LogP contribution in [0.4, 0.5) is 10.6 Å². The minimum absolute atomic E-state index is 0.0209. The molecule has 2 N–H and O–H groups in total. The molecular formula is C23H31ClN6O2S. The van der Waals surface area contributed by atoms with Crippen LogP contribution in [0.1, 0.15) is 39.3 Å². The third-order valence-corrected chi connectivity index (χ3v) is 6.34. The van der Waals surface area contributed by atoms with Crippen molar-refractivity contribution >= 4 is 41.1 Å². The zero-order chi connectivity index (χ0) is 24.0. The highest BCUT2D eigenvalue weighted by Gasteiger charge is 2.28. The number of urea groups is 1. The number of rotatable bonds is 7. The molecular weight excluding hydrogens is 460 g/mol. The van der Waals surface area contributed by atoms with Crippen molar-refractivity contribution in [2.24, 2.45) is 0 Å². The molecule has 33 heavy (non-hydrogen) atoms. The number of hydrogen-bond donors (Lipinski definition) is 2. The summed E-state index contributed by atoms with van der Waals surface area (Å²) >= 11 is 7.51. The lowest BCUT2D eigenvalue weighted by Gasteiger charge is -2.40. The number of nitrogens with zero attached hydrogens (tertiary/aromatic N) is 4. The molecule has 3 amide bonds. The lowest BCUT2D eigenvalue weighted by Crippen LogP contribution is -2.57. The Morgan fingerprint density at radius 2 is 1.88 bits per heavy atom. The summed E-state index contributed by atoms with van der Waals surface area (Å²) in [4.78, 5) is 37.6. The van der Waals surface area contributed by atoms with Crippen LogP contribution in [0.15, 0.2) is 41.6 Å². The number of carbonyl (C=O) groups excluding carboxylic acids is 2. The Hall–Kier alpha value is -2.52. The number of benzene rings is 1. The highest BCUT2D eigenvalue weighted by molar-refractivity contribution is 7.99. The molecule has 1 fully saturated rings. The molecule has 2 heterocycles. The van der Waals surface area contributed by atoms with Crippen LogP contribution in [-0.2, 0) is 4.79 Å². The monoisotopic (exact) mass is 490 g/mol. The average molecular weight is 491 g/mol. The quantitative estimate of drug-likeness (QED) is 0.349. The van der Waals surface area contributed by atoms with Gasteiger partial charge in [-0.15, -0.1) is 0 Å². The molecule has 0 radical (unpaired) electrons. The van der Waals surface area contributed by atoms with Gasteiger partial charge < -0.3 is 20.4 Å². The lowest BCUT2D eigenvalue weighted by atomic mass is 10.1. The Morgan fingerprint density at radius 1 is 1.15 bits per heavy atom. The molecule has 10 heteroatoms. The van der Waals surface area contributed by atoms with Gasteiger partial charge in [0.15, 0.2) is 5.16 Å². The lowest BCUT2D eigenvalue weighted by molar-refractivity contribution is -0.119. The third kappa shape index (κ3) is 7.23. The predicted octanol–water partition coefficient (Wildman–Crippen LogP) is 3.73. The van der Waals surface area contributed by atoms with Gasteiger partial charge in [-0.1, -0.05) is 53.7 Å². The van der Waals surface area contributed by atoms with E-state index < -0.39 is 0 Å². The molecule has 1 aliphatic heterocycles.